The second-order valence-electron chi connectivity index (χ2n) is 7.61. The Kier molecular flexibility index (Phi) is 9.71. The van der Waals surface area contributed by atoms with E-state index in [9.17, 15) is 79.4 Å². The van der Waals surface area contributed by atoms with Crippen molar-refractivity contribution in [2.24, 2.45) is 5.92 Å². The largest absolute Gasteiger partial charge is 0.478 e. The quantitative estimate of drug-likeness (QED) is 0.142. The molecule has 0 aromatic heterocycles. The van der Waals surface area contributed by atoms with Gasteiger partial charge < -0.3 is 9.84 Å². The van der Waals surface area contributed by atoms with E-state index in [0.717, 1.165) is 19.9 Å². The zero-order valence-electron chi connectivity index (χ0n) is 18.0. The molecule has 37 heavy (non-hydrogen) atoms. The molecule has 0 fully saturated rings. The number of carboxylic acids is 1. The van der Waals surface area contributed by atoms with Gasteiger partial charge >= 0.3 is 53.6 Å². The molecule has 220 valence electrons. The summed E-state index contributed by atoms with van der Waals surface area (Å²) in [6.07, 6.45) is -9.58. The molecule has 0 aliphatic carbocycles. The summed E-state index contributed by atoms with van der Waals surface area (Å²) < 4.78 is 228. The smallest absolute Gasteiger partial charge is 0.460 e. The van der Waals surface area contributed by atoms with Gasteiger partial charge in [-0.2, -0.15) is 74.6 Å². The van der Waals surface area contributed by atoms with Gasteiger partial charge in [-0.25, -0.2) is 4.79 Å². The molecule has 1 atom stereocenters. The van der Waals surface area contributed by atoms with Crippen molar-refractivity contribution in [2.75, 3.05) is 13.2 Å². The van der Waals surface area contributed by atoms with Gasteiger partial charge in [0, 0.05) is 12.0 Å². The van der Waals surface area contributed by atoms with Crippen LogP contribution in [0.15, 0.2) is 11.6 Å². The Balaban J connectivity index is 6.02. The highest BCUT2D eigenvalue weighted by atomic mass is 19.4. The molecule has 0 bridgehead atoms. The Bertz CT molecular complexity index is 844. The monoisotopic (exact) mass is 590 g/mol. The zero-order chi connectivity index (χ0) is 30.3. The van der Waals surface area contributed by atoms with E-state index >= 15 is 0 Å². The van der Waals surface area contributed by atoms with E-state index in [1.165, 1.54) is 0 Å². The third-order valence-electron chi connectivity index (χ3n) is 4.60. The predicted octanol–water partition coefficient (Wildman–Crippen LogP) is 7.07. The molecule has 3 nitrogen and oxygen atoms in total. The van der Waals surface area contributed by atoms with E-state index in [0.29, 0.717) is 0 Å². The van der Waals surface area contributed by atoms with Gasteiger partial charge in [0.05, 0.1) is 13.2 Å². The maximum atomic E-state index is 13.7. The molecule has 0 aliphatic heterocycles. The lowest BCUT2D eigenvalue weighted by atomic mass is 9.88. The summed E-state index contributed by atoms with van der Waals surface area (Å²) in [5.74, 6) is -59.0. The summed E-state index contributed by atoms with van der Waals surface area (Å²) in [7, 11) is 0. The molecular formula is C17H15F17O3. The Morgan fingerprint density at radius 3 is 1.41 bits per heavy atom. The van der Waals surface area contributed by atoms with Crippen molar-refractivity contribution >= 4 is 5.97 Å². The maximum Gasteiger partial charge on any atom is 0.460 e. The number of alkyl halides is 17. The van der Waals surface area contributed by atoms with Crippen LogP contribution in [0, 0.1) is 5.92 Å². The van der Waals surface area contributed by atoms with Crippen LogP contribution in [0.5, 0.6) is 0 Å². The number of carbonyl (C=O) groups is 1. The molecule has 0 radical (unpaired) electrons. The molecule has 0 rings (SSSR count). The SMILES string of the molecule is CC(=CC(C)COCCC(F)(F)C(F)(F)C(F)(F)C(F)(F)C(F)(F)C(F)(F)C(F)(F)C(F)(F)F)C(=O)O. The molecule has 0 aromatic rings. The van der Waals surface area contributed by atoms with Gasteiger partial charge in [0.2, 0.25) is 0 Å². The van der Waals surface area contributed by atoms with E-state index in [4.69, 9.17) is 5.11 Å². The molecule has 0 spiro atoms. The fourth-order valence-corrected chi connectivity index (χ4v) is 2.37. The Labute approximate surface area is 195 Å². The lowest BCUT2D eigenvalue weighted by Gasteiger charge is -2.42. The van der Waals surface area contributed by atoms with E-state index in [-0.39, 0.29) is 5.57 Å². The van der Waals surface area contributed by atoms with Crippen LogP contribution in [-0.2, 0) is 9.53 Å². The fourth-order valence-electron chi connectivity index (χ4n) is 2.37. The fraction of sp³-hybridized carbons (Fsp3) is 0.824. The molecular weight excluding hydrogens is 575 g/mol. The molecule has 1 unspecified atom stereocenters. The van der Waals surface area contributed by atoms with Crippen molar-refractivity contribution in [3.8, 4) is 0 Å². The average molecular weight is 590 g/mol. The summed E-state index contributed by atoms with van der Waals surface area (Å²) in [6.45, 7) is -0.324. The third kappa shape index (κ3) is 5.86. The normalized spacial score (nSPS) is 16.7. The van der Waals surface area contributed by atoms with Gasteiger partial charge in [-0.3, -0.25) is 0 Å². The first-order chi connectivity index (χ1) is 16.0. The predicted molar refractivity (Wildman–Crippen MR) is 86.7 cm³/mol. The third-order valence-corrected chi connectivity index (χ3v) is 4.60. The van der Waals surface area contributed by atoms with Crippen molar-refractivity contribution in [1.82, 2.24) is 0 Å². The van der Waals surface area contributed by atoms with Crippen molar-refractivity contribution < 1.29 is 89.3 Å². The topological polar surface area (TPSA) is 46.5 Å². The van der Waals surface area contributed by atoms with Crippen LogP contribution >= 0.6 is 0 Å². The van der Waals surface area contributed by atoms with E-state index in [1.807, 2.05) is 0 Å². The molecule has 0 aliphatic rings. The van der Waals surface area contributed by atoms with Gasteiger partial charge in [-0.15, -0.1) is 0 Å². The minimum absolute atomic E-state index is 0.330. The summed E-state index contributed by atoms with van der Waals surface area (Å²) in [5, 5.41) is 8.61. The summed E-state index contributed by atoms with van der Waals surface area (Å²) in [6, 6.07) is 0. The van der Waals surface area contributed by atoms with E-state index in [1.54, 1.807) is 0 Å². The maximum absolute atomic E-state index is 13.7. The Morgan fingerprint density at radius 2 is 1.05 bits per heavy atom. The highest BCUT2D eigenvalue weighted by Crippen LogP contribution is 2.64. The minimum Gasteiger partial charge on any atom is -0.478 e. The molecule has 20 heteroatoms. The molecule has 0 saturated heterocycles. The number of rotatable bonds is 13. The van der Waals surface area contributed by atoms with Crippen LogP contribution in [0.4, 0.5) is 74.6 Å². The second-order valence-corrected chi connectivity index (χ2v) is 7.61. The van der Waals surface area contributed by atoms with Gasteiger partial charge in [0.25, 0.3) is 0 Å². The van der Waals surface area contributed by atoms with Crippen LogP contribution in [0.25, 0.3) is 0 Å². The van der Waals surface area contributed by atoms with Gasteiger partial charge in [0.1, 0.15) is 0 Å². The highest BCUT2D eigenvalue weighted by molar-refractivity contribution is 5.85. The standard InChI is InChI=1S/C17H15F17O3/c1-7(5-8(2)9(35)36)6-37-4-3-10(18,19)11(20,21)12(22,23)13(24,25)14(26,27)15(28,29)16(30,31)17(32,33)34/h5,7H,3-4,6H2,1-2H3,(H,35,36). The van der Waals surface area contributed by atoms with E-state index in [2.05, 4.69) is 4.74 Å². The van der Waals surface area contributed by atoms with Crippen LogP contribution in [0.2, 0.25) is 0 Å². The van der Waals surface area contributed by atoms with Gasteiger partial charge in [-0.05, 0) is 12.8 Å². The first-order valence-electron chi connectivity index (χ1n) is 9.18. The minimum atomic E-state index is -8.66. The number of ether oxygens (including phenoxy) is 1. The van der Waals surface area contributed by atoms with Crippen LogP contribution in [-0.4, -0.2) is 71.9 Å². The van der Waals surface area contributed by atoms with Crippen LogP contribution < -0.4 is 0 Å². The summed E-state index contributed by atoms with van der Waals surface area (Å²) in [4.78, 5) is 10.6. The first-order valence-corrected chi connectivity index (χ1v) is 9.18. The average Bonchev–Trinajstić information content (AvgIpc) is 2.69. The number of aliphatic carboxylic acids is 1. The van der Waals surface area contributed by atoms with Crippen molar-refractivity contribution in [2.45, 2.75) is 67.9 Å². The molecule has 0 aromatic carbocycles. The number of carboxylic acid groups (broad SMARTS) is 1. The lowest BCUT2D eigenvalue weighted by molar-refractivity contribution is -0.462. The van der Waals surface area contributed by atoms with Crippen molar-refractivity contribution in [1.29, 1.82) is 0 Å². The van der Waals surface area contributed by atoms with Gasteiger partial charge in [-0.1, -0.05) is 13.0 Å². The Morgan fingerprint density at radius 1 is 0.703 bits per heavy atom. The zero-order valence-corrected chi connectivity index (χ0v) is 18.0. The van der Waals surface area contributed by atoms with Crippen LogP contribution in [0.1, 0.15) is 20.3 Å². The van der Waals surface area contributed by atoms with E-state index < -0.39 is 79.2 Å². The molecule has 0 amide bonds. The number of hydrogen-bond acceptors (Lipinski definition) is 2. The van der Waals surface area contributed by atoms with Crippen molar-refractivity contribution in [3.05, 3.63) is 11.6 Å². The summed E-state index contributed by atoms with van der Waals surface area (Å²) in [5.41, 5.74) is -0.330. The molecule has 0 heterocycles. The second kappa shape index (κ2) is 10.3. The molecule has 0 saturated carbocycles. The van der Waals surface area contributed by atoms with Gasteiger partial charge in [0.15, 0.2) is 0 Å². The first kappa shape index (κ1) is 35.0. The Hall–Kier alpha value is -2.02. The molecule has 1 N–H and O–H groups in total. The lowest BCUT2D eigenvalue weighted by Crippen LogP contribution is -2.74. The number of hydrogen-bond donors (Lipinski definition) is 1. The number of halogens is 17. The highest BCUT2D eigenvalue weighted by Gasteiger charge is 2.95. The van der Waals surface area contributed by atoms with Crippen molar-refractivity contribution in [3.63, 3.8) is 0 Å². The van der Waals surface area contributed by atoms with Crippen LogP contribution in [0.3, 0.4) is 0 Å². The summed E-state index contributed by atoms with van der Waals surface area (Å²) >= 11 is 0.